The Morgan fingerprint density at radius 3 is 2.26 bits per heavy atom. The molecular formula is C32H38FN3O5S. The molecule has 4 rings (SSSR count). The number of nitrogens with one attached hydrogen (secondary N) is 1. The number of ether oxygens (including phenoxy) is 1. The number of para-hydroxylation sites is 2. The fraction of sp³-hybridized carbons (Fsp3) is 0.375. The molecule has 1 aliphatic rings. The smallest absolute Gasteiger partial charge is 0.264 e. The molecule has 3 aromatic carbocycles. The Balaban J connectivity index is 1.74. The average molecular weight is 596 g/mol. The Bertz CT molecular complexity index is 1470. The van der Waals surface area contributed by atoms with Crippen LogP contribution in [0.5, 0.6) is 5.75 Å². The van der Waals surface area contributed by atoms with Gasteiger partial charge in [0, 0.05) is 12.6 Å². The molecule has 0 saturated heterocycles. The van der Waals surface area contributed by atoms with Gasteiger partial charge in [0.1, 0.15) is 24.2 Å². The van der Waals surface area contributed by atoms with E-state index in [1.165, 1.54) is 36.3 Å². The first-order valence-corrected chi connectivity index (χ1v) is 15.6. The molecule has 3 aromatic rings. The number of rotatable bonds is 12. The zero-order valence-electron chi connectivity index (χ0n) is 24.3. The van der Waals surface area contributed by atoms with E-state index < -0.39 is 34.3 Å². The zero-order chi connectivity index (χ0) is 30.3. The van der Waals surface area contributed by atoms with E-state index in [9.17, 15) is 22.4 Å². The van der Waals surface area contributed by atoms with Gasteiger partial charge in [-0.1, -0.05) is 61.7 Å². The molecule has 0 heterocycles. The van der Waals surface area contributed by atoms with Crippen molar-refractivity contribution in [3.05, 3.63) is 89.7 Å². The van der Waals surface area contributed by atoms with Gasteiger partial charge >= 0.3 is 0 Å². The predicted molar refractivity (Wildman–Crippen MR) is 160 cm³/mol. The maximum Gasteiger partial charge on any atom is 0.264 e. The Morgan fingerprint density at radius 2 is 1.64 bits per heavy atom. The van der Waals surface area contributed by atoms with Gasteiger partial charge in [0.25, 0.3) is 10.0 Å². The van der Waals surface area contributed by atoms with Crippen molar-refractivity contribution < 1.29 is 27.1 Å². The molecule has 1 atom stereocenters. The summed E-state index contributed by atoms with van der Waals surface area (Å²) in [4.78, 5) is 29.1. The van der Waals surface area contributed by atoms with Crippen LogP contribution in [0.3, 0.4) is 0 Å². The van der Waals surface area contributed by atoms with Crippen LogP contribution in [-0.2, 0) is 26.2 Å². The molecule has 1 saturated carbocycles. The van der Waals surface area contributed by atoms with Crippen LogP contribution in [0.1, 0.15) is 50.2 Å². The molecule has 0 aromatic heterocycles. The van der Waals surface area contributed by atoms with Crippen LogP contribution in [0.15, 0.2) is 77.7 Å². The van der Waals surface area contributed by atoms with Gasteiger partial charge in [0.05, 0.1) is 17.7 Å². The third kappa shape index (κ3) is 7.28. The van der Waals surface area contributed by atoms with E-state index in [1.807, 2.05) is 13.8 Å². The lowest BCUT2D eigenvalue weighted by atomic mass is 10.1. The van der Waals surface area contributed by atoms with Crippen molar-refractivity contribution in [3.63, 3.8) is 0 Å². The number of halogens is 1. The monoisotopic (exact) mass is 595 g/mol. The number of hydrogen-bond donors (Lipinski definition) is 1. The molecule has 1 fully saturated rings. The molecule has 8 nitrogen and oxygen atoms in total. The molecule has 10 heteroatoms. The summed E-state index contributed by atoms with van der Waals surface area (Å²) in [6.07, 6.45) is 4.13. The van der Waals surface area contributed by atoms with Gasteiger partial charge in [0.2, 0.25) is 11.8 Å². The third-order valence-corrected chi connectivity index (χ3v) is 9.37. The van der Waals surface area contributed by atoms with Gasteiger partial charge in [-0.25, -0.2) is 12.8 Å². The highest BCUT2D eigenvalue weighted by Gasteiger charge is 2.35. The number of carbonyl (C=O) groups excluding carboxylic acids is 2. The van der Waals surface area contributed by atoms with Crippen molar-refractivity contribution in [1.29, 1.82) is 0 Å². The van der Waals surface area contributed by atoms with Gasteiger partial charge in [0.15, 0.2) is 0 Å². The minimum Gasteiger partial charge on any atom is -0.495 e. The van der Waals surface area contributed by atoms with Gasteiger partial charge in [-0.15, -0.1) is 0 Å². The van der Waals surface area contributed by atoms with E-state index in [0.29, 0.717) is 12.0 Å². The van der Waals surface area contributed by atoms with E-state index in [4.69, 9.17) is 4.74 Å². The Morgan fingerprint density at radius 1 is 1.00 bits per heavy atom. The van der Waals surface area contributed by atoms with Gasteiger partial charge in [-0.2, -0.15) is 0 Å². The SMILES string of the molecule is CC[C@@H](C(=O)NC1CCCC1)N(Cc1ccc(F)cc1)C(=O)CN(c1ccccc1OC)S(=O)(=O)c1ccc(C)cc1. The molecule has 0 spiro atoms. The van der Waals surface area contributed by atoms with Gasteiger partial charge < -0.3 is 15.0 Å². The minimum absolute atomic E-state index is 0.0000502. The summed E-state index contributed by atoms with van der Waals surface area (Å²) in [5, 5.41) is 3.08. The summed E-state index contributed by atoms with van der Waals surface area (Å²) in [5.41, 5.74) is 1.69. The number of hydrogen-bond acceptors (Lipinski definition) is 5. The van der Waals surface area contributed by atoms with Crippen LogP contribution in [0.25, 0.3) is 0 Å². The highest BCUT2D eigenvalue weighted by atomic mass is 32.2. The van der Waals surface area contributed by atoms with Crippen LogP contribution in [0, 0.1) is 12.7 Å². The highest BCUT2D eigenvalue weighted by Crippen LogP contribution is 2.33. The molecule has 0 aliphatic heterocycles. The fourth-order valence-corrected chi connectivity index (χ4v) is 6.68. The number of amides is 2. The van der Waals surface area contributed by atoms with Crippen molar-refractivity contribution in [2.75, 3.05) is 18.0 Å². The number of carbonyl (C=O) groups is 2. The second-order valence-electron chi connectivity index (χ2n) is 10.6. The normalized spacial score (nSPS) is 14.3. The first-order valence-electron chi connectivity index (χ1n) is 14.2. The maximum absolute atomic E-state index is 14.2. The van der Waals surface area contributed by atoms with Crippen molar-refractivity contribution in [3.8, 4) is 5.75 Å². The lowest BCUT2D eigenvalue weighted by molar-refractivity contribution is -0.140. The lowest BCUT2D eigenvalue weighted by Gasteiger charge is -2.34. The van der Waals surface area contributed by atoms with E-state index in [-0.39, 0.29) is 34.8 Å². The van der Waals surface area contributed by atoms with Gasteiger partial charge in [-0.3, -0.25) is 13.9 Å². The topological polar surface area (TPSA) is 96.0 Å². The molecule has 0 radical (unpaired) electrons. The molecule has 224 valence electrons. The van der Waals surface area contributed by atoms with E-state index in [1.54, 1.807) is 48.5 Å². The van der Waals surface area contributed by atoms with Crippen LogP contribution < -0.4 is 14.4 Å². The third-order valence-electron chi connectivity index (χ3n) is 7.60. The molecule has 0 unspecified atom stereocenters. The van der Waals surface area contributed by atoms with E-state index in [0.717, 1.165) is 35.6 Å². The maximum atomic E-state index is 14.2. The van der Waals surface area contributed by atoms with E-state index >= 15 is 0 Å². The average Bonchev–Trinajstić information content (AvgIpc) is 3.50. The quantitative estimate of drug-likeness (QED) is 0.310. The first-order chi connectivity index (χ1) is 20.1. The number of methoxy groups -OCH3 is 1. The minimum atomic E-state index is -4.23. The molecular weight excluding hydrogens is 557 g/mol. The largest absolute Gasteiger partial charge is 0.495 e. The number of aryl methyl sites for hydroxylation is 1. The Hall–Kier alpha value is -3.92. The molecule has 0 bridgehead atoms. The van der Waals surface area contributed by atoms with Crippen LogP contribution in [0.4, 0.5) is 10.1 Å². The van der Waals surface area contributed by atoms with Crippen molar-refractivity contribution >= 4 is 27.5 Å². The summed E-state index contributed by atoms with van der Waals surface area (Å²) >= 11 is 0. The lowest BCUT2D eigenvalue weighted by Crippen LogP contribution is -2.53. The van der Waals surface area contributed by atoms with Crippen molar-refractivity contribution in [2.45, 2.75) is 69.5 Å². The highest BCUT2D eigenvalue weighted by molar-refractivity contribution is 7.92. The number of sulfonamides is 1. The van der Waals surface area contributed by atoms with Gasteiger partial charge in [-0.05, 0) is 68.1 Å². The van der Waals surface area contributed by atoms with E-state index in [2.05, 4.69) is 5.32 Å². The predicted octanol–water partition coefficient (Wildman–Crippen LogP) is 5.20. The summed E-state index contributed by atoms with van der Waals surface area (Å²) in [5.74, 6) is -1.01. The molecule has 1 N–H and O–H groups in total. The summed E-state index contributed by atoms with van der Waals surface area (Å²) in [6.45, 7) is 3.09. The molecule has 42 heavy (non-hydrogen) atoms. The van der Waals surface area contributed by atoms with Crippen LogP contribution >= 0.6 is 0 Å². The first kappa shape index (κ1) is 31.0. The second-order valence-corrected chi connectivity index (χ2v) is 12.4. The number of benzene rings is 3. The Labute approximate surface area is 247 Å². The number of anilines is 1. The standard InChI is InChI=1S/C32H38FN3O5S/c1-4-28(32(38)34-26-9-5-6-10-26)35(21-24-15-17-25(33)18-16-24)31(37)22-36(29-11-7-8-12-30(29)41-3)42(39,40)27-19-13-23(2)14-20-27/h7-8,11-20,26,28H,4-6,9-10,21-22H2,1-3H3,(H,34,38)/t28-/m0/s1. The van der Waals surface area contributed by atoms with Crippen LogP contribution in [0.2, 0.25) is 0 Å². The molecule has 1 aliphatic carbocycles. The van der Waals surface area contributed by atoms with Crippen molar-refractivity contribution in [1.82, 2.24) is 10.2 Å². The Kier molecular flexibility index (Phi) is 10.2. The van der Waals surface area contributed by atoms with Crippen molar-refractivity contribution in [2.24, 2.45) is 0 Å². The second kappa shape index (κ2) is 13.8. The summed E-state index contributed by atoms with van der Waals surface area (Å²) < 4.78 is 48.3. The van der Waals surface area contributed by atoms with Crippen LogP contribution in [-0.4, -0.2) is 50.9 Å². The summed E-state index contributed by atoms with van der Waals surface area (Å²) in [6, 6.07) is 17.8. The fourth-order valence-electron chi connectivity index (χ4n) is 5.26. The molecule has 2 amide bonds. The zero-order valence-corrected chi connectivity index (χ0v) is 25.1. The number of nitrogens with zero attached hydrogens (tertiary/aromatic N) is 2. The summed E-state index contributed by atoms with van der Waals surface area (Å²) in [7, 11) is -2.80.